The predicted molar refractivity (Wildman–Crippen MR) is 92.2 cm³/mol. The SMILES string of the molecule is Cc1onc(-c2ccccc2)c1C(=O)N1CCc2cc(=O)[nH]cc2C1. The van der Waals surface area contributed by atoms with Crippen LogP contribution in [0.2, 0.25) is 0 Å². The van der Waals surface area contributed by atoms with Crippen LogP contribution in [0.3, 0.4) is 0 Å². The summed E-state index contributed by atoms with van der Waals surface area (Å²) in [5.41, 5.74) is 3.77. The third kappa shape index (κ3) is 2.76. The Kier molecular flexibility index (Phi) is 3.72. The minimum absolute atomic E-state index is 0.102. The van der Waals surface area contributed by atoms with Gasteiger partial charge in [-0.05, 0) is 24.5 Å². The molecule has 1 aliphatic rings. The molecule has 6 nitrogen and oxygen atoms in total. The number of nitrogens with one attached hydrogen (secondary N) is 1. The van der Waals surface area contributed by atoms with Crippen molar-refractivity contribution in [3.05, 3.63) is 75.4 Å². The lowest BCUT2D eigenvalue weighted by Crippen LogP contribution is -2.37. The van der Waals surface area contributed by atoms with Crippen molar-refractivity contribution in [2.45, 2.75) is 19.9 Å². The van der Waals surface area contributed by atoms with Gasteiger partial charge in [0.1, 0.15) is 17.0 Å². The first-order valence-corrected chi connectivity index (χ1v) is 8.15. The summed E-state index contributed by atoms with van der Waals surface area (Å²) in [6.07, 6.45) is 2.35. The predicted octanol–water partition coefficient (Wildman–Crippen LogP) is 2.54. The number of hydrogen-bond donors (Lipinski definition) is 1. The van der Waals surface area contributed by atoms with Crippen molar-refractivity contribution in [3.8, 4) is 11.3 Å². The van der Waals surface area contributed by atoms with Crippen LogP contribution in [-0.2, 0) is 13.0 Å². The number of aryl methyl sites for hydroxylation is 1. The van der Waals surface area contributed by atoms with Gasteiger partial charge in [0.25, 0.3) is 5.91 Å². The standard InChI is InChI=1S/C19H17N3O3/c1-12-17(18(21-25-12)13-5-3-2-4-6-13)19(24)22-8-7-14-9-16(23)20-10-15(14)11-22/h2-6,9-10H,7-8,11H2,1H3,(H,20,23). The van der Waals surface area contributed by atoms with E-state index in [1.165, 1.54) is 0 Å². The van der Waals surface area contributed by atoms with Gasteiger partial charge < -0.3 is 14.4 Å². The molecule has 1 aromatic carbocycles. The fourth-order valence-corrected chi connectivity index (χ4v) is 3.21. The number of nitrogens with zero attached hydrogens (tertiary/aromatic N) is 2. The number of benzene rings is 1. The van der Waals surface area contributed by atoms with Crippen LogP contribution in [0.15, 0.2) is 51.9 Å². The Morgan fingerprint density at radius 3 is 2.84 bits per heavy atom. The van der Waals surface area contributed by atoms with Gasteiger partial charge in [0, 0.05) is 30.9 Å². The van der Waals surface area contributed by atoms with Crippen LogP contribution < -0.4 is 5.56 Å². The molecule has 1 N–H and O–H groups in total. The fraction of sp³-hybridized carbons (Fsp3) is 0.211. The average molecular weight is 335 g/mol. The Balaban J connectivity index is 1.68. The summed E-state index contributed by atoms with van der Waals surface area (Å²) in [7, 11) is 0. The van der Waals surface area contributed by atoms with Gasteiger partial charge in [0.05, 0.1) is 0 Å². The lowest BCUT2D eigenvalue weighted by Gasteiger charge is -2.28. The number of amides is 1. The van der Waals surface area contributed by atoms with Gasteiger partial charge in [-0.1, -0.05) is 35.5 Å². The summed E-state index contributed by atoms with van der Waals surface area (Å²) < 4.78 is 5.30. The molecule has 4 rings (SSSR count). The summed E-state index contributed by atoms with van der Waals surface area (Å²) in [6, 6.07) is 11.1. The van der Waals surface area contributed by atoms with Crippen molar-refractivity contribution < 1.29 is 9.32 Å². The Bertz CT molecular complexity index is 989. The summed E-state index contributed by atoms with van der Waals surface area (Å²) in [5.74, 6) is 0.408. The number of H-pyrrole nitrogens is 1. The van der Waals surface area contributed by atoms with Crippen molar-refractivity contribution in [2.75, 3.05) is 6.54 Å². The number of pyridine rings is 1. The highest BCUT2D eigenvalue weighted by molar-refractivity contribution is 6.00. The van der Waals surface area contributed by atoms with Crippen molar-refractivity contribution in [1.29, 1.82) is 0 Å². The highest BCUT2D eigenvalue weighted by atomic mass is 16.5. The molecule has 126 valence electrons. The molecule has 0 spiro atoms. The Morgan fingerprint density at radius 2 is 2.04 bits per heavy atom. The number of aromatic amines is 1. The molecule has 6 heteroatoms. The van der Waals surface area contributed by atoms with Crippen LogP contribution in [0.25, 0.3) is 11.3 Å². The molecule has 0 unspecified atom stereocenters. The Morgan fingerprint density at radius 1 is 1.24 bits per heavy atom. The molecule has 3 heterocycles. The third-order valence-corrected chi connectivity index (χ3v) is 4.53. The molecule has 0 saturated heterocycles. The minimum Gasteiger partial charge on any atom is -0.360 e. The van der Waals surface area contributed by atoms with Gasteiger partial charge in [-0.25, -0.2) is 0 Å². The molecule has 0 fully saturated rings. The molecule has 0 aliphatic carbocycles. The van der Waals surface area contributed by atoms with Gasteiger partial charge in [-0.3, -0.25) is 9.59 Å². The molecular formula is C19H17N3O3. The lowest BCUT2D eigenvalue weighted by molar-refractivity contribution is 0.0733. The summed E-state index contributed by atoms with van der Waals surface area (Å²) in [6.45, 7) is 2.78. The van der Waals surface area contributed by atoms with Gasteiger partial charge in [0.2, 0.25) is 5.56 Å². The van der Waals surface area contributed by atoms with E-state index in [4.69, 9.17) is 4.52 Å². The zero-order chi connectivity index (χ0) is 17.4. The molecule has 1 amide bonds. The van der Waals surface area contributed by atoms with Crippen LogP contribution in [0.5, 0.6) is 0 Å². The summed E-state index contributed by atoms with van der Waals surface area (Å²) in [4.78, 5) is 29.0. The van der Waals surface area contributed by atoms with E-state index < -0.39 is 0 Å². The fourth-order valence-electron chi connectivity index (χ4n) is 3.21. The zero-order valence-electron chi connectivity index (χ0n) is 13.8. The normalized spacial score (nSPS) is 13.6. The van der Waals surface area contributed by atoms with Crippen LogP contribution in [0.4, 0.5) is 0 Å². The molecular weight excluding hydrogens is 318 g/mol. The van der Waals surface area contributed by atoms with E-state index in [9.17, 15) is 9.59 Å². The molecule has 0 atom stereocenters. The number of carbonyl (C=O) groups excluding carboxylic acids is 1. The van der Waals surface area contributed by atoms with Crippen LogP contribution in [0.1, 0.15) is 27.2 Å². The highest BCUT2D eigenvalue weighted by Crippen LogP contribution is 2.28. The van der Waals surface area contributed by atoms with Crippen LogP contribution >= 0.6 is 0 Å². The van der Waals surface area contributed by atoms with Gasteiger partial charge in [-0.15, -0.1) is 0 Å². The van der Waals surface area contributed by atoms with E-state index in [0.717, 1.165) is 16.7 Å². The topological polar surface area (TPSA) is 79.2 Å². The Labute approximate surface area is 144 Å². The first-order chi connectivity index (χ1) is 12.1. The molecule has 1 aliphatic heterocycles. The lowest BCUT2D eigenvalue weighted by atomic mass is 10.00. The van der Waals surface area contributed by atoms with E-state index >= 15 is 0 Å². The second-order valence-electron chi connectivity index (χ2n) is 6.15. The van der Waals surface area contributed by atoms with Crippen molar-refractivity contribution in [1.82, 2.24) is 15.0 Å². The maximum atomic E-state index is 13.1. The molecule has 25 heavy (non-hydrogen) atoms. The third-order valence-electron chi connectivity index (χ3n) is 4.53. The largest absolute Gasteiger partial charge is 0.360 e. The van der Waals surface area contributed by atoms with E-state index in [0.29, 0.717) is 36.5 Å². The maximum absolute atomic E-state index is 13.1. The first kappa shape index (κ1) is 15.4. The molecule has 0 bridgehead atoms. The monoisotopic (exact) mass is 335 g/mol. The van der Waals surface area contributed by atoms with E-state index in [1.807, 2.05) is 30.3 Å². The first-order valence-electron chi connectivity index (χ1n) is 8.15. The van der Waals surface area contributed by atoms with Gasteiger partial charge in [-0.2, -0.15) is 0 Å². The van der Waals surface area contributed by atoms with Crippen molar-refractivity contribution in [3.63, 3.8) is 0 Å². The minimum atomic E-state index is -0.111. The van der Waals surface area contributed by atoms with E-state index in [1.54, 1.807) is 24.1 Å². The number of hydrogen-bond acceptors (Lipinski definition) is 4. The molecule has 3 aromatic rings. The van der Waals surface area contributed by atoms with Gasteiger partial charge >= 0.3 is 0 Å². The quantitative estimate of drug-likeness (QED) is 0.780. The Hall–Kier alpha value is -3.15. The highest BCUT2D eigenvalue weighted by Gasteiger charge is 2.28. The van der Waals surface area contributed by atoms with Crippen LogP contribution in [0, 0.1) is 6.92 Å². The van der Waals surface area contributed by atoms with E-state index in [2.05, 4.69) is 10.1 Å². The second-order valence-corrected chi connectivity index (χ2v) is 6.15. The number of rotatable bonds is 2. The zero-order valence-corrected chi connectivity index (χ0v) is 13.8. The smallest absolute Gasteiger partial charge is 0.260 e. The van der Waals surface area contributed by atoms with Crippen molar-refractivity contribution in [2.24, 2.45) is 0 Å². The van der Waals surface area contributed by atoms with Crippen LogP contribution in [-0.4, -0.2) is 27.5 Å². The second kappa shape index (κ2) is 6.05. The molecule has 2 aromatic heterocycles. The maximum Gasteiger partial charge on any atom is 0.260 e. The van der Waals surface area contributed by atoms with Crippen molar-refractivity contribution >= 4 is 5.91 Å². The number of fused-ring (bicyclic) bond motifs is 1. The van der Waals surface area contributed by atoms with Gasteiger partial charge in [0.15, 0.2) is 0 Å². The molecule has 0 saturated carbocycles. The average Bonchev–Trinajstić information content (AvgIpc) is 3.03. The summed E-state index contributed by atoms with van der Waals surface area (Å²) >= 11 is 0. The number of carbonyl (C=O) groups is 1. The number of aromatic nitrogens is 2. The summed E-state index contributed by atoms with van der Waals surface area (Å²) in [5, 5.41) is 4.09. The van der Waals surface area contributed by atoms with E-state index in [-0.39, 0.29) is 11.5 Å². The molecule has 0 radical (unpaired) electrons.